The van der Waals surface area contributed by atoms with Crippen LogP contribution in [0.4, 0.5) is 0 Å². The Morgan fingerprint density at radius 2 is 1.33 bits per heavy atom. The standard InChI is InChI=1S/C35H25N3S/c1-21(2)24-18-19-31-30(20-24)26-8-3-4-10-29(26)35-37-36-34(38(31)35)23-16-14-22(15-17-23)25-11-7-12-28-27-9-5-6-13-32(27)39-33(25)28/h3-21H,1-2H3. The SMILES string of the molecule is CC(C)c1ccc2c(c1)c1ccccc1c1nnc(-c3ccc(-c4cccc5c4sc4ccccc45)cc3)n21. The molecule has 0 aliphatic heterocycles. The summed E-state index contributed by atoms with van der Waals surface area (Å²) in [6.45, 7) is 4.49. The molecular formula is C35H25N3S. The average Bonchev–Trinajstić information content (AvgIpc) is 3.60. The van der Waals surface area contributed by atoms with Crippen molar-refractivity contribution in [2.75, 3.05) is 0 Å². The highest BCUT2D eigenvalue weighted by Gasteiger charge is 2.17. The molecule has 0 aliphatic rings. The van der Waals surface area contributed by atoms with Crippen LogP contribution in [0.25, 0.3) is 70.0 Å². The second-order valence-electron chi connectivity index (χ2n) is 10.5. The van der Waals surface area contributed by atoms with Gasteiger partial charge in [0.25, 0.3) is 0 Å². The molecule has 0 unspecified atom stereocenters. The van der Waals surface area contributed by atoms with Crippen LogP contribution in [0.1, 0.15) is 25.3 Å². The maximum atomic E-state index is 4.72. The Morgan fingerprint density at radius 3 is 2.15 bits per heavy atom. The third kappa shape index (κ3) is 3.35. The first-order valence-electron chi connectivity index (χ1n) is 13.4. The van der Waals surface area contributed by atoms with Crippen LogP contribution in [-0.4, -0.2) is 14.6 Å². The highest BCUT2D eigenvalue weighted by molar-refractivity contribution is 7.26. The average molecular weight is 520 g/mol. The third-order valence-electron chi connectivity index (χ3n) is 7.91. The number of pyridine rings is 1. The summed E-state index contributed by atoms with van der Waals surface area (Å²) in [5.74, 6) is 1.33. The molecular weight excluding hydrogens is 494 g/mol. The maximum absolute atomic E-state index is 4.72. The summed E-state index contributed by atoms with van der Waals surface area (Å²) in [6.07, 6.45) is 0. The minimum atomic E-state index is 0.460. The zero-order valence-corrected chi connectivity index (χ0v) is 22.5. The van der Waals surface area contributed by atoms with E-state index in [2.05, 4.69) is 127 Å². The molecule has 0 radical (unpaired) electrons. The lowest BCUT2D eigenvalue weighted by Gasteiger charge is -2.13. The lowest BCUT2D eigenvalue weighted by Crippen LogP contribution is -1.96. The van der Waals surface area contributed by atoms with Gasteiger partial charge < -0.3 is 0 Å². The van der Waals surface area contributed by atoms with Crippen molar-refractivity contribution >= 4 is 58.8 Å². The van der Waals surface area contributed by atoms with Gasteiger partial charge in [0.2, 0.25) is 0 Å². The van der Waals surface area contributed by atoms with Gasteiger partial charge in [0.15, 0.2) is 11.5 Å². The Balaban J connectivity index is 1.32. The number of hydrogen-bond donors (Lipinski definition) is 0. The highest BCUT2D eigenvalue weighted by Crippen LogP contribution is 2.40. The quantitative estimate of drug-likeness (QED) is 0.217. The topological polar surface area (TPSA) is 30.2 Å². The monoisotopic (exact) mass is 519 g/mol. The summed E-state index contributed by atoms with van der Waals surface area (Å²) < 4.78 is 4.88. The zero-order valence-electron chi connectivity index (χ0n) is 21.7. The van der Waals surface area contributed by atoms with Crippen LogP contribution in [0.3, 0.4) is 0 Å². The maximum Gasteiger partial charge on any atom is 0.169 e. The third-order valence-corrected chi connectivity index (χ3v) is 9.13. The van der Waals surface area contributed by atoms with Crippen LogP contribution in [0.5, 0.6) is 0 Å². The van der Waals surface area contributed by atoms with Crippen molar-refractivity contribution in [1.29, 1.82) is 0 Å². The Hall–Kier alpha value is -4.54. The Kier molecular flexibility index (Phi) is 4.88. The molecule has 0 N–H and O–H groups in total. The van der Waals surface area contributed by atoms with E-state index in [1.54, 1.807) is 0 Å². The van der Waals surface area contributed by atoms with E-state index in [4.69, 9.17) is 10.2 Å². The molecule has 0 bridgehead atoms. The minimum absolute atomic E-state index is 0.460. The largest absolute Gasteiger partial charge is 0.274 e. The van der Waals surface area contributed by atoms with Crippen molar-refractivity contribution in [3.63, 3.8) is 0 Å². The molecule has 3 heterocycles. The zero-order chi connectivity index (χ0) is 26.1. The number of fused-ring (bicyclic) bond motifs is 9. The van der Waals surface area contributed by atoms with Gasteiger partial charge in [-0.1, -0.05) is 105 Å². The number of aromatic nitrogens is 3. The van der Waals surface area contributed by atoms with Crippen LogP contribution in [0.2, 0.25) is 0 Å². The van der Waals surface area contributed by atoms with Crippen LogP contribution in [0, 0.1) is 0 Å². The van der Waals surface area contributed by atoms with Gasteiger partial charge in [-0.25, -0.2) is 0 Å². The summed E-state index contributed by atoms with van der Waals surface area (Å²) in [4.78, 5) is 0. The van der Waals surface area contributed by atoms with Crippen molar-refractivity contribution in [2.24, 2.45) is 0 Å². The number of rotatable bonds is 3. The summed E-state index contributed by atoms with van der Waals surface area (Å²) in [6, 6.07) is 39.4. The number of benzene rings is 5. The molecule has 5 aromatic carbocycles. The molecule has 0 fully saturated rings. The van der Waals surface area contributed by atoms with Crippen LogP contribution in [-0.2, 0) is 0 Å². The van der Waals surface area contributed by atoms with Crippen molar-refractivity contribution in [3.05, 3.63) is 115 Å². The van der Waals surface area contributed by atoms with Gasteiger partial charge in [-0.15, -0.1) is 21.5 Å². The van der Waals surface area contributed by atoms with E-state index in [1.165, 1.54) is 47.6 Å². The van der Waals surface area contributed by atoms with Crippen molar-refractivity contribution < 1.29 is 0 Å². The molecule has 186 valence electrons. The Labute approximate surface area is 230 Å². The first-order chi connectivity index (χ1) is 19.2. The summed E-state index contributed by atoms with van der Waals surface area (Å²) >= 11 is 1.87. The number of nitrogens with zero attached hydrogens (tertiary/aromatic N) is 3. The molecule has 0 atom stereocenters. The van der Waals surface area contributed by atoms with Gasteiger partial charge in [-0.05, 0) is 46.2 Å². The molecule has 4 heteroatoms. The summed E-state index contributed by atoms with van der Waals surface area (Å²) in [5.41, 5.74) is 6.89. The lowest BCUT2D eigenvalue weighted by atomic mass is 9.98. The molecule has 0 spiro atoms. The molecule has 3 nitrogen and oxygen atoms in total. The normalized spacial score (nSPS) is 12.1. The van der Waals surface area contributed by atoms with Crippen LogP contribution < -0.4 is 0 Å². The second kappa shape index (κ2) is 8.48. The predicted octanol–water partition coefficient (Wildman–Crippen LogP) is 9.86. The van der Waals surface area contributed by atoms with Gasteiger partial charge in [0.05, 0.1) is 5.52 Å². The highest BCUT2D eigenvalue weighted by atomic mass is 32.1. The van der Waals surface area contributed by atoms with Crippen LogP contribution in [0.15, 0.2) is 109 Å². The number of hydrogen-bond acceptors (Lipinski definition) is 3. The van der Waals surface area contributed by atoms with Crippen molar-refractivity contribution in [3.8, 4) is 22.5 Å². The fraction of sp³-hybridized carbons (Fsp3) is 0.0857. The van der Waals surface area contributed by atoms with E-state index in [0.29, 0.717) is 5.92 Å². The lowest BCUT2D eigenvalue weighted by molar-refractivity contribution is 0.868. The smallest absolute Gasteiger partial charge is 0.169 e. The Morgan fingerprint density at radius 1 is 0.615 bits per heavy atom. The predicted molar refractivity (Wildman–Crippen MR) is 166 cm³/mol. The van der Waals surface area contributed by atoms with Crippen molar-refractivity contribution in [1.82, 2.24) is 14.6 Å². The molecule has 3 aromatic heterocycles. The van der Waals surface area contributed by atoms with Gasteiger partial charge in [0, 0.05) is 36.5 Å². The van der Waals surface area contributed by atoms with Crippen molar-refractivity contribution in [2.45, 2.75) is 19.8 Å². The van der Waals surface area contributed by atoms with E-state index in [1.807, 2.05) is 11.3 Å². The second-order valence-corrected chi connectivity index (χ2v) is 11.6. The number of thiophene rings is 1. The molecule has 8 rings (SSSR count). The molecule has 0 saturated carbocycles. The molecule has 0 saturated heterocycles. The minimum Gasteiger partial charge on any atom is -0.274 e. The fourth-order valence-corrected chi connectivity index (χ4v) is 7.12. The Bertz CT molecular complexity index is 2200. The first kappa shape index (κ1) is 22.4. The fourth-order valence-electron chi connectivity index (χ4n) is 5.88. The molecule has 0 aliphatic carbocycles. The summed E-state index contributed by atoms with van der Waals surface area (Å²) in [7, 11) is 0. The van der Waals surface area contributed by atoms with Gasteiger partial charge in [0.1, 0.15) is 0 Å². The van der Waals surface area contributed by atoms with Gasteiger partial charge in [-0.3, -0.25) is 4.40 Å². The molecule has 8 aromatic rings. The van der Waals surface area contributed by atoms with E-state index < -0.39 is 0 Å². The van der Waals surface area contributed by atoms with E-state index >= 15 is 0 Å². The van der Waals surface area contributed by atoms with Crippen LogP contribution >= 0.6 is 11.3 Å². The van der Waals surface area contributed by atoms with Gasteiger partial charge >= 0.3 is 0 Å². The van der Waals surface area contributed by atoms with E-state index in [0.717, 1.165) is 27.9 Å². The van der Waals surface area contributed by atoms with Gasteiger partial charge in [-0.2, -0.15) is 0 Å². The van der Waals surface area contributed by atoms with E-state index in [9.17, 15) is 0 Å². The molecule has 39 heavy (non-hydrogen) atoms. The summed E-state index contributed by atoms with van der Waals surface area (Å²) in [5, 5.41) is 15.6. The van der Waals surface area contributed by atoms with E-state index in [-0.39, 0.29) is 0 Å². The first-order valence-corrected chi connectivity index (χ1v) is 14.2. The molecule has 0 amide bonds.